The van der Waals surface area contributed by atoms with Crippen molar-refractivity contribution in [3.05, 3.63) is 0 Å². The molecule has 0 aliphatic carbocycles. The van der Waals surface area contributed by atoms with E-state index in [1.54, 1.807) is 15.9 Å². The van der Waals surface area contributed by atoms with E-state index in [1.165, 1.54) is 0 Å². The highest BCUT2D eigenvalue weighted by Gasteiger charge is 2.38. The van der Waals surface area contributed by atoms with Gasteiger partial charge in [-0.2, -0.15) is 8.78 Å². The fourth-order valence-corrected chi connectivity index (χ4v) is 0.105. The predicted octanol–water partition coefficient (Wildman–Crippen LogP) is 1.40. The van der Waals surface area contributed by atoms with Crippen LogP contribution < -0.4 is 0 Å². The first kappa shape index (κ1) is 7.74. The lowest BCUT2D eigenvalue weighted by Gasteiger charge is -1.98. The quantitative estimate of drug-likeness (QED) is 0.588. The smallest absolute Gasteiger partial charge is 0.247 e. The Morgan fingerprint density at radius 2 is 2.00 bits per heavy atom. The number of rotatable bonds is 1. The van der Waals surface area contributed by atoms with E-state index in [0.717, 1.165) is 0 Å². The summed E-state index contributed by atoms with van der Waals surface area (Å²) in [5, 5.41) is 0. The minimum absolute atomic E-state index is 1.56. The molecule has 0 heterocycles. The molecule has 0 saturated carbocycles. The molecule has 0 amide bonds. The van der Waals surface area contributed by atoms with E-state index >= 15 is 0 Å². The Kier molecular flexibility index (Phi) is 2.26. The number of hydrogen-bond acceptors (Lipinski definition) is 2. The Labute approximate surface area is 50.6 Å². The molecule has 0 aromatic carbocycles. The van der Waals surface area contributed by atoms with E-state index in [4.69, 9.17) is 0 Å². The lowest BCUT2D eigenvalue weighted by molar-refractivity contribution is -0.199. The van der Waals surface area contributed by atoms with Gasteiger partial charge in [0.2, 0.25) is 0 Å². The molecule has 0 radical (unpaired) electrons. The second kappa shape index (κ2) is 2.34. The lowest BCUT2D eigenvalue weighted by Crippen LogP contribution is -2.20. The van der Waals surface area contributed by atoms with Crippen LogP contribution in [-0.4, -0.2) is 10.8 Å². The molecule has 0 atom stereocenters. The molecule has 0 aliphatic heterocycles. The normalized spacial score (nSPS) is 11.0. The first-order valence-corrected chi connectivity index (χ1v) is 2.17. The van der Waals surface area contributed by atoms with Crippen molar-refractivity contribution in [2.75, 3.05) is 0 Å². The second-order valence-electron chi connectivity index (χ2n) is 0.862. The van der Waals surface area contributed by atoms with Crippen LogP contribution in [0.15, 0.2) is 0 Å². The number of alkyl halides is 3. The van der Waals surface area contributed by atoms with Crippen molar-refractivity contribution >= 4 is 21.9 Å². The molecule has 6 heteroatoms. The van der Waals surface area contributed by atoms with Gasteiger partial charge in [0.25, 0.3) is 0 Å². The highest BCUT2D eigenvalue weighted by molar-refractivity contribution is 9.10. The van der Waals surface area contributed by atoms with Crippen LogP contribution in [0.3, 0.4) is 0 Å². The molecule has 0 N–H and O–H groups in total. The first-order valence-electron chi connectivity index (χ1n) is 1.38. The molecular formula is C2BrF3O2. The number of hydrogen-bond donors (Lipinski definition) is 0. The number of carbonyl (C=O) groups excluding carboxylic acids is 1. The maximum atomic E-state index is 11.3. The van der Waals surface area contributed by atoms with E-state index in [1.807, 2.05) is 0 Å². The molecule has 0 spiro atoms. The van der Waals surface area contributed by atoms with Crippen molar-refractivity contribution in [1.82, 2.24) is 0 Å². The Bertz CT molecular complexity index is 97.9. The summed E-state index contributed by atoms with van der Waals surface area (Å²) in [6.07, 6.45) is 0. The average Bonchev–Trinajstić information content (AvgIpc) is 1.62. The largest absolute Gasteiger partial charge is 0.428 e. The molecule has 0 bridgehead atoms. The van der Waals surface area contributed by atoms with Crippen LogP contribution in [0, 0.1) is 0 Å². The van der Waals surface area contributed by atoms with Gasteiger partial charge in [0.05, 0.1) is 0 Å². The van der Waals surface area contributed by atoms with Crippen LogP contribution in [0.1, 0.15) is 0 Å². The zero-order valence-electron chi connectivity index (χ0n) is 3.33. The van der Waals surface area contributed by atoms with E-state index in [-0.39, 0.29) is 0 Å². The van der Waals surface area contributed by atoms with Crippen LogP contribution >= 0.6 is 15.9 Å². The van der Waals surface area contributed by atoms with Gasteiger partial charge in [0.1, 0.15) is 0 Å². The van der Waals surface area contributed by atoms with Gasteiger partial charge in [0.15, 0.2) is 0 Å². The second-order valence-corrected chi connectivity index (χ2v) is 1.86. The van der Waals surface area contributed by atoms with Gasteiger partial charge in [-0.25, -0.2) is 9.74 Å². The van der Waals surface area contributed by atoms with E-state index < -0.39 is 10.8 Å². The molecule has 0 aliphatic rings. The number of halogens is 4. The molecule has 48 valence electrons. The third kappa shape index (κ3) is 2.15. The molecule has 0 aromatic heterocycles. The zero-order valence-corrected chi connectivity index (χ0v) is 4.91. The van der Waals surface area contributed by atoms with Crippen LogP contribution in [0.5, 0.6) is 0 Å². The van der Waals surface area contributed by atoms with E-state index in [0.29, 0.717) is 0 Å². The summed E-state index contributed by atoms with van der Waals surface area (Å²) >= 11 is 1.56. The summed E-state index contributed by atoms with van der Waals surface area (Å²) in [4.78, 5) is 7.70. The Morgan fingerprint density at radius 1 is 1.62 bits per heavy atom. The molecular weight excluding hydrogens is 193 g/mol. The van der Waals surface area contributed by atoms with Crippen molar-refractivity contribution in [3.8, 4) is 0 Å². The molecule has 0 unspecified atom stereocenters. The summed E-state index contributed by atoms with van der Waals surface area (Å²) in [5.41, 5.74) is 0. The number of carbonyl (C=O) groups is 1. The van der Waals surface area contributed by atoms with Gasteiger partial charge in [-0.15, -0.1) is 0 Å². The molecule has 0 saturated heterocycles. The third-order valence-electron chi connectivity index (χ3n) is 0.302. The van der Waals surface area contributed by atoms with E-state index in [2.05, 4.69) is 4.94 Å². The summed E-state index contributed by atoms with van der Waals surface area (Å²) in [6.45, 7) is 0. The average molecular weight is 193 g/mol. The minimum Gasteiger partial charge on any atom is -0.247 e. The highest BCUT2D eigenvalue weighted by Crippen LogP contribution is 2.22. The Morgan fingerprint density at radius 3 is 2.00 bits per heavy atom. The minimum atomic E-state index is -3.91. The fourth-order valence-electron chi connectivity index (χ4n) is 0.0437. The highest BCUT2D eigenvalue weighted by atomic mass is 79.9. The summed E-state index contributed by atoms with van der Waals surface area (Å²) in [5.74, 6) is -2.25. The van der Waals surface area contributed by atoms with Gasteiger partial charge in [-0.3, -0.25) is 0 Å². The molecule has 0 rings (SSSR count). The maximum absolute atomic E-state index is 11.3. The summed E-state index contributed by atoms with van der Waals surface area (Å²) in [7, 11) is 0. The first-order chi connectivity index (χ1) is 3.48. The Balaban J connectivity index is 3.82. The molecule has 0 fully saturated rings. The van der Waals surface area contributed by atoms with Crippen molar-refractivity contribution in [2.24, 2.45) is 0 Å². The van der Waals surface area contributed by atoms with Crippen molar-refractivity contribution in [3.63, 3.8) is 0 Å². The van der Waals surface area contributed by atoms with Gasteiger partial charge in [0, 0.05) is 20.5 Å². The topological polar surface area (TPSA) is 26.3 Å². The molecule has 0 aromatic rings. The molecule has 2 nitrogen and oxygen atoms in total. The van der Waals surface area contributed by atoms with Gasteiger partial charge in [-0.05, 0) is 0 Å². The monoisotopic (exact) mass is 192 g/mol. The standard InChI is InChI=1S/C2BrF3O2/c3-2(4,5)1(7)8-6. The summed E-state index contributed by atoms with van der Waals surface area (Å²) in [6, 6.07) is 0. The third-order valence-corrected chi connectivity index (χ3v) is 0.625. The predicted molar refractivity (Wildman–Crippen MR) is 21.1 cm³/mol. The van der Waals surface area contributed by atoms with Crippen LogP contribution in [0.2, 0.25) is 0 Å². The van der Waals surface area contributed by atoms with Crippen molar-refractivity contribution in [1.29, 1.82) is 0 Å². The summed E-state index contributed by atoms with van der Waals surface area (Å²) < 4.78 is 33.2. The van der Waals surface area contributed by atoms with Crippen LogP contribution in [0.25, 0.3) is 0 Å². The SMILES string of the molecule is O=C(OF)C(F)(F)Br. The van der Waals surface area contributed by atoms with Crippen LogP contribution in [0.4, 0.5) is 13.3 Å². The van der Waals surface area contributed by atoms with Crippen molar-refractivity contribution in [2.45, 2.75) is 4.83 Å². The van der Waals surface area contributed by atoms with Gasteiger partial charge in [-0.1, -0.05) is 0 Å². The van der Waals surface area contributed by atoms with Crippen molar-refractivity contribution < 1.29 is 23.0 Å². The van der Waals surface area contributed by atoms with Gasteiger partial charge < -0.3 is 0 Å². The van der Waals surface area contributed by atoms with Gasteiger partial charge >= 0.3 is 10.8 Å². The zero-order chi connectivity index (χ0) is 6.78. The maximum Gasteiger partial charge on any atom is 0.428 e. The lowest BCUT2D eigenvalue weighted by atomic mass is 10.7. The molecule has 8 heavy (non-hydrogen) atoms. The Hall–Kier alpha value is -0.260. The van der Waals surface area contributed by atoms with Crippen LogP contribution in [-0.2, 0) is 9.74 Å². The fraction of sp³-hybridized carbons (Fsp3) is 0.500. The van der Waals surface area contributed by atoms with E-state index in [9.17, 15) is 18.1 Å².